The van der Waals surface area contributed by atoms with Crippen molar-refractivity contribution in [2.75, 3.05) is 18.6 Å². The third-order valence-electron chi connectivity index (χ3n) is 5.83. The summed E-state index contributed by atoms with van der Waals surface area (Å²) >= 11 is 0. The lowest BCUT2D eigenvalue weighted by molar-refractivity contribution is 0.415. The Kier molecular flexibility index (Phi) is 4.62. The number of benzene rings is 2. The summed E-state index contributed by atoms with van der Waals surface area (Å²) in [7, 11) is 3.30. The average molecular weight is 417 g/mol. The van der Waals surface area contributed by atoms with Crippen molar-refractivity contribution in [2.24, 2.45) is 7.05 Å². The van der Waals surface area contributed by atoms with Crippen molar-refractivity contribution in [3.8, 4) is 5.75 Å². The fraction of sp³-hybridized carbons (Fsp3) is 0.261. The number of aryl methyl sites for hydroxylation is 2. The Balaban J connectivity index is 1.60. The van der Waals surface area contributed by atoms with E-state index in [9.17, 15) is 9.59 Å². The lowest BCUT2D eigenvalue weighted by Crippen LogP contribution is -2.40. The molecule has 1 aliphatic heterocycles. The number of methoxy groups -OCH3 is 1. The molecule has 31 heavy (non-hydrogen) atoms. The second-order valence-electron chi connectivity index (χ2n) is 7.62. The zero-order valence-corrected chi connectivity index (χ0v) is 17.5. The van der Waals surface area contributed by atoms with Crippen molar-refractivity contribution < 1.29 is 4.74 Å². The SMILES string of the molecule is COc1cccc(N2CCn3c2nc2c3c(=O)n(CCc3ccccc3)c(=O)n2C)c1. The highest BCUT2D eigenvalue weighted by atomic mass is 16.5. The van der Waals surface area contributed by atoms with Gasteiger partial charge in [-0.1, -0.05) is 36.4 Å². The molecule has 0 radical (unpaired) electrons. The van der Waals surface area contributed by atoms with Crippen LogP contribution in [0.2, 0.25) is 0 Å². The van der Waals surface area contributed by atoms with Crippen LogP contribution in [0.5, 0.6) is 5.75 Å². The normalized spacial score (nSPS) is 13.0. The zero-order chi connectivity index (χ0) is 21.5. The predicted molar refractivity (Wildman–Crippen MR) is 119 cm³/mol. The van der Waals surface area contributed by atoms with E-state index in [0.29, 0.717) is 43.2 Å². The fourth-order valence-corrected chi connectivity index (χ4v) is 4.18. The Morgan fingerprint density at radius 1 is 1.03 bits per heavy atom. The Hall–Kier alpha value is -3.81. The van der Waals surface area contributed by atoms with Crippen molar-refractivity contribution in [3.63, 3.8) is 0 Å². The number of nitrogens with zero attached hydrogens (tertiary/aromatic N) is 5. The molecule has 2 aromatic heterocycles. The van der Waals surface area contributed by atoms with E-state index >= 15 is 0 Å². The maximum Gasteiger partial charge on any atom is 0.332 e. The van der Waals surface area contributed by atoms with E-state index in [4.69, 9.17) is 4.74 Å². The molecule has 0 spiro atoms. The summed E-state index contributed by atoms with van der Waals surface area (Å²) < 4.78 is 10.0. The van der Waals surface area contributed by atoms with E-state index in [1.807, 2.05) is 64.1 Å². The third kappa shape index (κ3) is 3.11. The summed E-state index contributed by atoms with van der Waals surface area (Å²) in [5.41, 5.74) is 2.25. The molecule has 8 heteroatoms. The molecule has 0 saturated carbocycles. The van der Waals surface area contributed by atoms with E-state index in [1.165, 1.54) is 9.13 Å². The molecule has 3 heterocycles. The highest BCUT2D eigenvalue weighted by Gasteiger charge is 2.28. The third-order valence-corrected chi connectivity index (χ3v) is 5.83. The van der Waals surface area contributed by atoms with E-state index in [2.05, 4.69) is 4.98 Å². The standard InChI is InChI=1S/C23H23N5O3/c1-25-20-19(21(29)28(23(25)30)12-11-16-7-4-3-5-8-16)27-14-13-26(22(27)24-20)17-9-6-10-18(15-17)31-2/h3-10,15H,11-14H2,1-2H3. The number of rotatable bonds is 5. The van der Waals surface area contributed by atoms with Crippen LogP contribution in [0.3, 0.4) is 0 Å². The quantitative estimate of drug-likeness (QED) is 0.498. The monoisotopic (exact) mass is 417 g/mol. The van der Waals surface area contributed by atoms with Gasteiger partial charge in [-0.25, -0.2) is 4.79 Å². The molecular formula is C23H23N5O3. The molecule has 5 rings (SSSR count). The molecule has 0 aliphatic carbocycles. The smallest absolute Gasteiger partial charge is 0.332 e. The maximum absolute atomic E-state index is 13.3. The van der Waals surface area contributed by atoms with Gasteiger partial charge in [0.05, 0.1) is 7.11 Å². The van der Waals surface area contributed by atoms with Crippen LogP contribution in [0.15, 0.2) is 64.2 Å². The van der Waals surface area contributed by atoms with Gasteiger partial charge >= 0.3 is 5.69 Å². The number of hydrogen-bond donors (Lipinski definition) is 0. The molecule has 4 aromatic rings. The molecule has 8 nitrogen and oxygen atoms in total. The van der Waals surface area contributed by atoms with Crippen molar-refractivity contribution in [1.29, 1.82) is 0 Å². The minimum atomic E-state index is -0.349. The largest absolute Gasteiger partial charge is 0.497 e. The van der Waals surface area contributed by atoms with Gasteiger partial charge in [-0.05, 0) is 24.1 Å². The van der Waals surface area contributed by atoms with Crippen LogP contribution < -0.4 is 20.9 Å². The summed E-state index contributed by atoms with van der Waals surface area (Å²) in [5, 5.41) is 0. The molecule has 0 N–H and O–H groups in total. The second-order valence-corrected chi connectivity index (χ2v) is 7.62. The van der Waals surface area contributed by atoms with Gasteiger partial charge in [0.25, 0.3) is 5.56 Å². The molecule has 0 saturated heterocycles. The lowest BCUT2D eigenvalue weighted by Gasteiger charge is -2.16. The Morgan fingerprint density at radius 3 is 2.61 bits per heavy atom. The van der Waals surface area contributed by atoms with E-state index in [0.717, 1.165) is 17.0 Å². The van der Waals surface area contributed by atoms with Gasteiger partial charge in [0.1, 0.15) is 5.75 Å². The van der Waals surface area contributed by atoms with Crippen LogP contribution in [-0.4, -0.2) is 32.3 Å². The second kappa shape index (κ2) is 7.46. The molecule has 1 aliphatic rings. The number of ether oxygens (including phenoxy) is 1. The van der Waals surface area contributed by atoms with Crippen LogP contribution >= 0.6 is 0 Å². The van der Waals surface area contributed by atoms with Gasteiger partial charge in [-0.15, -0.1) is 0 Å². The summed E-state index contributed by atoms with van der Waals surface area (Å²) in [6.07, 6.45) is 0.610. The summed E-state index contributed by atoms with van der Waals surface area (Å²) in [5.74, 6) is 1.42. The number of hydrogen-bond acceptors (Lipinski definition) is 5. The fourth-order valence-electron chi connectivity index (χ4n) is 4.18. The van der Waals surface area contributed by atoms with Crippen LogP contribution in [0.4, 0.5) is 11.6 Å². The molecule has 2 aromatic carbocycles. The van der Waals surface area contributed by atoms with Crippen molar-refractivity contribution >= 4 is 22.8 Å². The zero-order valence-electron chi connectivity index (χ0n) is 17.5. The number of anilines is 2. The van der Waals surface area contributed by atoms with Gasteiger partial charge in [0.15, 0.2) is 11.2 Å². The van der Waals surface area contributed by atoms with Crippen LogP contribution in [-0.2, 0) is 26.6 Å². The Morgan fingerprint density at radius 2 is 1.84 bits per heavy atom. The van der Waals surface area contributed by atoms with Crippen LogP contribution in [0, 0.1) is 0 Å². The summed E-state index contributed by atoms with van der Waals surface area (Å²) in [6.45, 7) is 1.64. The van der Waals surface area contributed by atoms with Gasteiger partial charge < -0.3 is 14.2 Å². The van der Waals surface area contributed by atoms with Gasteiger partial charge in [0.2, 0.25) is 5.95 Å². The predicted octanol–water partition coefficient (Wildman–Crippen LogP) is 2.30. The average Bonchev–Trinajstić information content (AvgIpc) is 3.38. The van der Waals surface area contributed by atoms with Crippen molar-refractivity contribution in [3.05, 3.63) is 81.0 Å². The Bertz CT molecular complexity index is 1380. The first-order chi connectivity index (χ1) is 15.1. The first kappa shape index (κ1) is 19.2. The van der Waals surface area contributed by atoms with Crippen LogP contribution in [0.1, 0.15) is 5.56 Å². The lowest BCUT2D eigenvalue weighted by atomic mass is 10.1. The van der Waals surface area contributed by atoms with E-state index in [1.54, 1.807) is 14.2 Å². The van der Waals surface area contributed by atoms with Gasteiger partial charge in [-0.3, -0.25) is 13.9 Å². The maximum atomic E-state index is 13.3. The Labute approximate surface area is 178 Å². The van der Waals surface area contributed by atoms with Crippen molar-refractivity contribution in [1.82, 2.24) is 18.7 Å². The number of fused-ring (bicyclic) bond motifs is 3. The highest BCUT2D eigenvalue weighted by Crippen LogP contribution is 2.33. The van der Waals surface area contributed by atoms with Gasteiger partial charge in [0, 0.05) is 38.4 Å². The first-order valence-electron chi connectivity index (χ1n) is 10.2. The molecule has 0 atom stereocenters. The first-order valence-corrected chi connectivity index (χ1v) is 10.2. The van der Waals surface area contributed by atoms with Gasteiger partial charge in [-0.2, -0.15) is 4.98 Å². The number of imidazole rings is 1. The number of aromatic nitrogens is 4. The van der Waals surface area contributed by atoms with E-state index < -0.39 is 0 Å². The molecule has 0 fully saturated rings. The molecular weight excluding hydrogens is 394 g/mol. The molecule has 0 unspecified atom stereocenters. The highest BCUT2D eigenvalue weighted by molar-refractivity contribution is 5.78. The molecule has 0 amide bonds. The minimum absolute atomic E-state index is 0.291. The molecule has 158 valence electrons. The van der Waals surface area contributed by atoms with E-state index in [-0.39, 0.29) is 11.2 Å². The summed E-state index contributed by atoms with van der Waals surface area (Å²) in [4.78, 5) is 33.0. The minimum Gasteiger partial charge on any atom is -0.497 e. The topological polar surface area (TPSA) is 74.3 Å². The van der Waals surface area contributed by atoms with Crippen molar-refractivity contribution in [2.45, 2.75) is 19.5 Å². The summed E-state index contributed by atoms with van der Waals surface area (Å²) in [6, 6.07) is 17.6. The molecule has 0 bridgehead atoms. The van der Waals surface area contributed by atoms with Crippen LogP contribution in [0.25, 0.3) is 11.2 Å².